The predicted octanol–water partition coefficient (Wildman–Crippen LogP) is 1.37. The van der Waals surface area contributed by atoms with Crippen molar-refractivity contribution in [1.82, 2.24) is 0 Å². The molecule has 0 spiro atoms. The Morgan fingerprint density at radius 1 is 0.944 bits per heavy atom. The maximum absolute atomic E-state index is 5.64. The van der Waals surface area contributed by atoms with Gasteiger partial charge in [0.05, 0.1) is 5.69 Å². The van der Waals surface area contributed by atoms with E-state index < -0.39 is 0 Å². The molecule has 18 heavy (non-hydrogen) atoms. The number of nitrogens with zero attached hydrogens (tertiary/aromatic N) is 2. The van der Waals surface area contributed by atoms with Gasteiger partial charge in [-0.05, 0) is 23.9 Å². The van der Waals surface area contributed by atoms with E-state index >= 15 is 0 Å². The maximum Gasteiger partial charge on any atom is 0.223 e. The molecule has 2 aromatic carbocycles. The summed E-state index contributed by atoms with van der Waals surface area (Å²) in [6.07, 6.45) is 0. The van der Waals surface area contributed by atoms with Gasteiger partial charge in [-0.2, -0.15) is 4.99 Å². The van der Waals surface area contributed by atoms with Gasteiger partial charge in [-0.1, -0.05) is 30.3 Å². The molecular weight excluding hydrogens is 226 g/mol. The topological polar surface area (TPSA) is 103 Å². The van der Waals surface area contributed by atoms with E-state index in [2.05, 4.69) is 16.9 Å². The molecule has 6 N–H and O–H groups in total. The van der Waals surface area contributed by atoms with Crippen molar-refractivity contribution in [3.63, 3.8) is 0 Å². The predicted molar refractivity (Wildman–Crippen MR) is 75.8 cm³/mol. The summed E-state index contributed by atoms with van der Waals surface area (Å²) < 4.78 is 0. The van der Waals surface area contributed by atoms with Crippen molar-refractivity contribution in [1.29, 1.82) is 0 Å². The summed E-state index contributed by atoms with van der Waals surface area (Å²) in [6.45, 7) is 2.05. The fourth-order valence-electron chi connectivity index (χ4n) is 1.81. The van der Waals surface area contributed by atoms with Gasteiger partial charge < -0.3 is 17.2 Å². The molecule has 0 saturated heterocycles. The monoisotopic (exact) mass is 241 g/mol. The highest BCUT2D eigenvalue weighted by Gasteiger charge is 2.02. The highest BCUT2D eigenvalue weighted by Crippen LogP contribution is 2.28. The lowest BCUT2D eigenvalue weighted by atomic mass is 10.0. The van der Waals surface area contributed by atoms with E-state index in [0.29, 0.717) is 0 Å². The first kappa shape index (κ1) is 11.9. The Balaban J connectivity index is 2.59. The largest absolute Gasteiger partial charge is 0.370 e. The fourth-order valence-corrected chi connectivity index (χ4v) is 1.81. The minimum absolute atomic E-state index is 0.0454. The maximum atomic E-state index is 5.64. The number of hydrogen-bond acceptors (Lipinski definition) is 1. The van der Waals surface area contributed by atoms with Gasteiger partial charge in [0.15, 0.2) is 5.96 Å². The Hall–Kier alpha value is -2.56. The third kappa shape index (κ3) is 2.40. The van der Waals surface area contributed by atoms with E-state index in [9.17, 15) is 0 Å². The van der Waals surface area contributed by atoms with Gasteiger partial charge in [0.2, 0.25) is 5.96 Å². The Bertz CT molecular complexity index is 639. The molecule has 0 atom stereocenters. The van der Waals surface area contributed by atoms with Gasteiger partial charge >= 0.3 is 0 Å². The van der Waals surface area contributed by atoms with Gasteiger partial charge in [-0.15, -0.1) is 0 Å². The van der Waals surface area contributed by atoms with Gasteiger partial charge in [0, 0.05) is 5.39 Å². The molecule has 5 nitrogen and oxygen atoms in total. The number of aliphatic imine (C=N–C) groups is 2. The van der Waals surface area contributed by atoms with Crippen molar-refractivity contribution < 1.29 is 0 Å². The lowest BCUT2D eigenvalue weighted by molar-refractivity contribution is 1.38. The van der Waals surface area contributed by atoms with E-state index in [-0.39, 0.29) is 11.9 Å². The summed E-state index contributed by atoms with van der Waals surface area (Å²) in [5.74, 6) is -0.0586. The van der Waals surface area contributed by atoms with Crippen LogP contribution in [0.15, 0.2) is 46.4 Å². The van der Waals surface area contributed by atoms with Crippen LogP contribution in [0, 0.1) is 6.92 Å². The minimum Gasteiger partial charge on any atom is -0.370 e. The molecule has 0 unspecified atom stereocenters. The molecule has 0 saturated carbocycles. The van der Waals surface area contributed by atoms with Crippen LogP contribution in [-0.4, -0.2) is 11.9 Å². The lowest BCUT2D eigenvalue weighted by Gasteiger charge is -2.05. The smallest absolute Gasteiger partial charge is 0.223 e. The number of fused-ring (bicyclic) bond motifs is 1. The molecule has 0 fully saturated rings. The molecule has 0 aliphatic rings. The van der Waals surface area contributed by atoms with Gasteiger partial charge in [-0.25, -0.2) is 4.99 Å². The second kappa shape index (κ2) is 4.75. The van der Waals surface area contributed by atoms with E-state index in [1.165, 1.54) is 5.56 Å². The van der Waals surface area contributed by atoms with Crippen LogP contribution in [-0.2, 0) is 0 Å². The Morgan fingerprint density at radius 3 is 2.28 bits per heavy atom. The van der Waals surface area contributed by atoms with Crippen LogP contribution in [0.25, 0.3) is 10.8 Å². The molecule has 2 rings (SSSR count). The number of hydrogen-bond donors (Lipinski definition) is 3. The highest BCUT2D eigenvalue weighted by molar-refractivity contribution is 5.99. The van der Waals surface area contributed by atoms with Crippen molar-refractivity contribution in [2.45, 2.75) is 6.92 Å². The normalized spacial score (nSPS) is 11.5. The van der Waals surface area contributed by atoms with E-state index in [0.717, 1.165) is 16.5 Å². The Kier molecular flexibility index (Phi) is 3.14. The zero-order valence-corrected chi connectivity index (χ0v) is 10.1. The van der Waals surface area contributed by atoms with Crippen LogP contribution in [0.5, 0.6) is 0 Å². The molecule has 0 aromatic heterocycles. The summed E-state index contributed by atoms with van der Waals surface area (Å²) in [4.78, 5) is 7.92. The van der Waals surface area contributed by atoms with Crippen LogP contribution in [0.2, 0.25) is 0 Å². The summed E-state index contributed by atoms with van der Waals surface area (Å²) in [5, 5.41) is 2.16. The molecule has 92 valence electrons. The minimum atomic E-state index is -0.104. The van der Waals surface area contributed by atoms with Crippen molar-refractivity contribution >= 4 is 28.4 Å². The van der Waals surface area contributed by atoms with Crippen LogP contribution < -0.4 is 17.2 Å². The first-order valence-electron chi connectivity index (χ1n) is 5.50. The van der Waals surface area contributed by atoms with Crippen LogP contribution in [0.1, 0.15) is 5.56 Å². The van der Waals surface area contributed by atoms with Crippen LogP contribution >= 0.6 is 0 Å². The van der Waals surface area contributed by atoms with Crippen LogP contribution in [0.4, 0.5) is 5.69 Å². The highest BCUT2D eigenvalue weighted by atomic mass is 15.1. The number of guanidine groups is 2. The molecule has 0 amide bonds. The first-order valence-corrected chi connectivity index (χ1v) is 5.50. The van der Waals surface area contributed by atoms with E-state index in [1.54, 1.807) is 0 Å². The number of rotatable bonds is 1. The Labute approximate surface area is 105 Å². The molecule has 0 bridgehead atoms. The van der Waals surface area contributed by atoms with Crippen molar-refractivity contribution in [2.24, 2.45) is 27.2 Å². The third-order valence-electron chi connectivity index (χ3n) is 2.60. The first-order chi connectivity index (χ1) is 8.58. The summed E-state index contributed by atoms with van der Waals surface area (Å²) in [6, 6.07) is 11.9. The molecular formula is C13H15N5. The fraction of sp³-hybridized carbons (Fsp3) is 0.0769. The van der Waals surface area contributed by atoms with Crippen LogP contribution in [0.3, 0.4) is 0 Å². The zero-order valence-electron chi connectivity index (χ0n) is 10.1. The molecule has 0 aliphatic carbocycles. The van der Waals surface area contributed by atoms with Crippen molar-refractivity contribution in [2.75, 3.05) is 0 Å². The quantitative estimate of drug-likeness (QED) is 0.519. The SMILES string of the molecule is Cc1ccc(N=C(N)N=C(N)N)c2ccccc12. The molecule has 0 radical (unpaired) electrons. The second-order valence-corrected chi connectivity index (χ2v) is 3.95. The second-order valence-electron chi connectivity index (χ2n) is 3.95. The number of benzene rings is 2. The summed E-state index contributed by atoms with van der Waals surface area (Å²) >= 11 is 0. The zero-order chi connectivity index (χ0) is 13.1. The summed E-state index contributed by atoms with van der Waals surface area (Å²) in [7, 11) is 0. The number of nitrogens with two attached hydrogens (primary N) is 3. The molecule has 0 heterocycles. The average molecular weight is 241 g/mol. The standard InChI is InChI=1S/C13H15N5/c1-8-6-7-11(17-13(16)18-12(14)15)10-5-3-2-4-9(8)10/h2-7H,1H3,(H6,14,15,16,17,18). The summed E-state index contributed by atoms with van der Waals surface area (Å²) in [5.41, 5.74) is 18.1. The van der Waals surface area contributed by atoms with Gasteiger partial charge in [0.1, 0.15) is 0 Å². The van der Waals surface area contributed by atoms with Crippen molar-refractivity contribution in [3.05, 3.63) is 42.0 Å². The van der Waals surface area contributed by atoms with Gasteiger partial charge in [0.25, 0.3) is 0 Å². The molecule has 2 aromatic rings. The third-order valence-corrected chi connectivity index (χ3v) is 2.60. The van der Waals surface area contributed by atoms with E-state index in [1.807, 2.05) is 36.4 Å². The number of aryl methyl sites for hydroxylation is 1. The van der Waals surface area contributed by atoms with Gasteiger partial charge in [-0.3, -0.25) is 0 Å². The molecule has 5 heteroatoms. The van der Waals surface area contributed by atoms with E-state index in [4.69, 9.17) is 17.2 Å². The average Bonchev–Trinajstić information content (AvgIpc) is 2.32. The van der Waals surface area contributed by atoms with Crippen molar-refractivity contribution in [3.8, 4) is 0 Å². The molecule has 0 aliphatic heterocycles. The lowest BCUT2D eigenvalue weighted by Crippen LogP contribution is -2.26. The Morgan fingerprint density at radius 2 is 1.61 bits per heavy atom.